The lowest BCUT2D eigenvalue weighted by Gasteiger charge is -2.05. The van der Waals surface area contributed by atoms with Crippen LogP contribution in [0.2, 0.25) is 0 Å². The highest BCUT2D eigenvalue weighted by Gasteiger charge is 2.20. The number of H-pyrrole nitrogens is 2. The van der Waals surface area contributed by atoms with Crippen LogP contribution < -0.4 is 0 Å². The third-order valence-electron chi connectivity index (χ3n) is 8.61. The second-order valence-electron chi connectivity index (χ2n) is 11.1. The van der Waals surface area contributed by atoms with E-state index in [0.717, 1.165) is 89.4 Å². The first-order valence-electron chi connectivity index (χ1n) is 14.7. The van der Waals surface area contributed by atoms with Crippen molar-refractivity contribution >= 4 is 62.9 Å². The molecule has 0 unspecified atom stereocenters. The Morgan fingerprint density at radius 2 is 1.45 bits per heavy atom. The Morgan fingerprint density at radius 3 is 2.16 bits per heavy atom. The second kappa shape index (κ2) is 12.7. The number of nitrogens with one attached hydrogen (secondary N) is 2. The van der Waals surface area contributed by atoms with Gasteiger partial charge < -0.3 is 19.4 Å². The molecule has 8 nitrogen and oxygen atoms in total. The van der Waals surface area contributed by atoms with Gasteiger partial charge in [-0.15, -0.1) is 0 Å². The molecule has 8 bridgehead atoms. The van der Waals surface area contributed by atoms with Gasteiger partial charge in [0.2, 0.25) is 0 Å². The Morgan fingerprint density at radius 1 is 0.818 bits per heavy atom. The monoisotopic (exact) mass is 590 g/mol. The van der Waals surface area contributed by atoms with E-state index in [-0.39, 0.29) is 12.4 Å². The van der Waals surface area contributed by atoms with Gasteiger partial charge >= 0.3 is 5.97 Å². The molecule has 2 aliphatic rings. The van der Waals surface area contributed by atoms with Crippen molar-refractivity contribution in [1.82, 2.24) is 19.9 Å². The Kier molecular flexibility index (Phi) is 8.81. The number of fused-ring (bicyclic) bond motifs is 8. The van der Waals surface area contributed by atoms with Crippen LogP contribution in [0.25, 0.3) is 50.4 Å². The van der Waals surface area contributed by atoms with Crippen molar-refractivity contribution in [2.75, 3.05) is 13.7 Å². The number of carbonyl (C=O) groups excluding carboxylic acids is 2. The van der Waals surface area contributed by atoms with Crippen LogP contribution >= 0.6 is 0 Å². The van der Waals surface area contributed by atoms with Crippen molar-refractivity contribution < 1.29 is 19.1 Å². The van der Waals surface area contributed by atoms with Gasteiger partial charge in [-0.2, -0.15) is 0 Å². The van der Waals surface area contributed by atoms with Gasteiger partial charge in [-0.25, -0.2) is 9.97 Å². The predicted octanol–water partition coefficient (Wildman–Crippen LogP) is 7.68. The fourth-order valence-corrected chi connectivity index (χ4v) is 6.01. The molecule has 0 saturated heterocycles. The van der Waals surface area contributed by atoms with E-state index in [4.69, 9.17) is 19.4 Å². The molecule has 44 heavy (non-hydrogen) atoms. The van der Waals surface area contributed by atoms with Crippen LogP contribution in [0.1, 0.15) is 78.1 Å². The van der Waals surface area contributed by atoms with Crippen LogP contribution in [0.3, 0.4) is 0 Å². The van der Waals surface area contributed by atoms with Crippen molar-refractivity contribution in [1.29, 1.82) is 0 Å². The molecule has 0 amide bonds. The molecule has 0 fully saturated rings. The number of allylic oxidation sites excluding steroid dienone is 5. The summed E-state index contributed by atoms with van der Waals surface area (Å²) in [7, 11) is 1.40. The minimum absolute atomic E-state index is 0.252. The third kappa shape index (κ3) is 5.67. The number of nitrogens with zero attached hydrogens (tertiary/aromatic N) is 2. The lowest BCUT2D eigenvalue weighted by Crippen LogP contribution is -2.02. The fourth-order valence-electron chi connectivity index (χ4n) is 6.01. The number of aryl methyl sites for hydroxylation is 3. The number of esters is 1. The normalized spacial score (nSPS) is 12.8. The molecule has 0 saturated carbocycles. The van der Waals surface area contributed by atoms with E-state index in [1.165, 1.54) is 7.11 Å². The Bertz CT molecular complexity index is 1920. The quantitative estimate of drug-likeness (QED) is 0.142. The van der Waals surface area contributed by atoms with Crippen molar-refractivity contribution in [2.24, 2.45) is 0 Å². The van der Waals surface area contributed by atoms with Crippen LogP contribution in [0.15, 0.2) is 43.5 Å². The molecule has 0 atom stereocenters. The first-order valence-corrected chi connectivity index (χ1v) is 14.7. The average molecular weight is 591 g/mol. The molecule has 3 aromatic heterocycles. The Labute approximate surface area is 257 Å². The zero-order chi connectivity index (χ0) is 31.5. The van der Waals surface area contributed by atoms with E-state index in [1.807, 2.05) is 18.2 Å². The first-order chi connectivity index (χ1) is 21.2. The number of rotatable bonds is 10. The van der Waals surface area contributed by atoms with Crippen LogP contribution in [-0.2, 0) is 25.5 Å². The van der Waals surface area contributed by atoms with Gasteiger partial charge in [-0.3, -0.25) is 9.59 Å². The molecule has 0 spiro atoms. The predicted molar refractivity (Wildman–Crippen MR) is 177 cm³/mol. The first kappa shape index (κ1) is 30.5. The number of ether oxygens (including phenoxy) is 2. The van der Waals surface area contributed by atoms with Gasteiger partial charge in [0, 0.05) is 39.6 Å². The van der Waals surface area contributed by atoms with Crippen molar-refractivity contribution in [3.8, 4) is 0 Å². The third-order valence-corrected chi connectivity index (χ3v) is 8.61. The largest absolute Gasteiger partial charge is 0.469 e. The summed E-state index contributed by atoms with van der Waals surface area (Å²) in [6.07, 6.45) is 5.82. The smallest absolute Gasteiger partial charge is 0.305 e. The molecule has 0 radical (unpaired) electrons. The van der Waals surface area contributed by atoms with Gasteiger partial charge in [0.15, 0.2) is 0 Å². The maximum absolute atomic E-state index is 12.2. The summed E-state index contributed by atoms with van der Waals surface area (Å²) in [6, 6.07) is 8.24. The number of hydrogen-bond acceptors (Lipinski definition) is 6. The summed E-state index contributed by atoms with van der Waals surface area (Å²) < 4.78 is 9.93. The highest BCUT2D eigenvalue weighted by Crippen LogP contribution is 2.36. The van der Waals surface area contributed by atoms with Crippen molar-refractivity contribution in [2.45, 2.75) is 53.4 Å². The topological polar surface area (TPSA) is 110 Å². The maximum Gasteiger partial charge on any atom is 0.305 e. The van der Waals surface area contributed by atoms with E-state index in [9.17, 15) is 9.59 Å². The van der Waals surface area contributed by atoms with E-state index in [1.54, 1.807) is 0 Å². The van der Waals surface area contributed by atoms with Crippen LogP contribution in [0.5, 0.6) is 0 Å². The molecule has 0 aromatic carbocycles. The highest BCUT2D eigenvalue weighted by molar-refractivity contribution is 5.98. The molecule has 5 rings (SSSR count). The zero-order valence-corrected chi connectivity index (χ0v) is 26.0. The summed E-state index contributed by atoms with van der Waals surface area (Å²) >= 11 is 0. The zero-order valence-electron chi connectivity index (χ0n) is 26.0. The Balaban J connectivity index is 1.88. The average Bonchev–Trinajstić information content (AvgIpc) is 3.67. The Hall–Kier alpha value is -4.98. The summed E-state index contributed by atoms with van der Waals surface area (Å²) in [5.74, 6) is -0.266. The van der Waals surface area contributed by atoms with E-state index >= 15 is 0 Å². The minimum Gasteiger partial charge on any atom is -0.469 e. The second-order valence-corrected chi connectivity index (χ2v) is 11.1. The SMILES string of the molecule is C=CC1=C(C)c2cc3[nH]c(cc4nc(cc5[nH]c(cc1n2)c(C)c5CCC(=O)OC)C(CCCOC=O)=C4C)c(C)c3C=C. The number of carbonyl (C=O) groups is 2. The minimum atomic E-state index is -0.266. The maximum atomic E-state index is 12.2. The lowest BCUT2D eigenvalue weighted by molar-refractivity contribution is -0.140. The molecular weight excluding hydrogens is 552 g/mol. The van der Waals surface area contributed by atoms with E-state index < -0.39 is 0 Å². The molecule has 3 aromatic rings. The summed E-state index contributed by atoms with van der Waals surface area (Å²) in [5.41, 5.74) is 15.2. The molecule has 8 heteroatoms. The number of hydrogen-bond donors (Lipinski definition) is 2. The van der Waals surface area contributed by atoms with Crippen LogP contribution in [0.4, 0.5) is 0 Å². The number of aromatic amines is 2. The fraction of sp³-hybridized carbons (Fsp3) is 0.278. The standard InChI is InChI=1S/C36H38N4O4/c1-8-24-20(3)28-15-29-22(5)26(11-10-14-44-19-41)34(39-29)18-35-27(12-13-36(42)43-7)23(6)31(40-35)17-33-25(9-2)21(4)30(38-33)16-32(24)37-28/h8-9,15-19,37,40H,1-2,10-14H2,3-7H3. The van der Waals surface area contributed by atoms with Crippen LogP contribution in [-0.4, -0.2) is 46.1 Å². The molecular formula is C36H38N4O4. The van der Waals surface area contributed by atoms with Crippen LogP contribution in [0, 0.1) is 13.8 Å². The van der Waals surface area contributed by atoms with Gasteiger partial charge in [0.1, 0.15) is 0 Å². The summed E-state index contributed by atoms with van der Waals surface area (Å²) in [6.45, 7) is 17.2. The lowest BCUT2D eigenvalue weighted by atomic mass is 10.0. The molecule has 226 valence electrons. The molecule has 5 heterocycles. The van der Waals surface area contributed by atoms with Gasteiger partial charge in [0.05, 0.1) is 36.5 Å². The highest BCUT2D eigenvalue weighted by atomic mass is 16.5. The summed E-state index contributed by atoms with van der Waals surface area (Å²) in [4.78, 5) is 40.2. The summed E-state index contributed by atoms with van der Waals surface area (Å²) in [5, 5.41) is 0. The molecule has 2 aliphatic heterocycles. The van der Waals surface area contributed by atoms with E-state index in [0.29, 0.717) is 32.3 Å². The number of methoxy groups -OCH3 is 1. The van der Waals surface area contributed by atoms with E-state index in [2.05, 4.69) is 69.0 Å². The van der Waals surface area contributed by atoms with Gasteiger partial charge in [-0.05, 0) is 105 Å². The van der Waals surface area contributed by atoms with Gasteiger partial charge in [-0.1, -0.05) is 25.3 Å². The molecule has 0 aliphatic carbocycles. The molecule has 2 N–H and O–H groups in total. The van der Waals surface area contributed by atoms with Crippen molar-refractivity contribution in [3.63, 3.8) is 0 Å². The van der Waals surface area contributed by atoms with Crippen molar-refractivity contribution in [3.05, 3.63) is 88.5 Å². The number of aromatic nitrogens is 4. The van der Waals surface area contributed by atoms with Gasteiger partial charge in [0.25, 0.3) is 6.47 Å².